The summed E-state index contributed by atoms with van der Waals surface area (Å²) >= 11 is 0. The Balaban J connectivity index is 2.44. The van der Waals surface area contributed by atoms with Crippen LogP contribution in [-0.4, -0.2) is 254 Å². The lowest BCUT2D eigenvalue weighted by atomic mass is 9.98. The minimum absolute atomic E-state index is 0.000243. The summed E-state index contributed by atoms with van der Waals surface area (Å²) in [5.74, 6) is -16.8. The van der Waals surface area contributed by atoms with Crippen LogP contribution in [0, 0.1) is 29.6 Å². The molecule has 38 heteroatoms. The summed E-state index contributed by atoms with van der Waals surface area (Å²) < 4.78 is 0. The fourth-order valence-electron chi connectivity index (χ4n) is 12.8. The van der Waals surface area contributed by atoms with Gasteiger partial charge in [0.05, 0.1) is 12.6 Å². The molecule has 0 unspecified atom stereocenters. The van der Waals surface area contributed by atoms with Gasteiger partial charge in [0.15, 0.2) is 0 Å². The van der Waals surface area contributed by atoms with Gasteiger partial charge < -0.3 is 111 Å². The number of carboxylic acids is 3. The molecule has 15 atom stereocenters. The molecular formula is C74H129N17O21. The molecular weight excluding hydrogens is 1460 g/mol. The summed E-state index contributed by atoms with van der Waals surface area (Å²) in [7, 11) is 0. The zero-order valence-corrected chi connectivity index (χ0v) is 67.4. The number of nitrogens with two attached hydrogens (primary N) is 3. The number of aliphatic carboxylic acids is 3. The number of rotatable bonds is 52. The van der Waals surface area contributed by atoms with Gasteiger partial charge >= 0.3 is 17.9 Å². The molecule has 0 bridgehead atoms. The van der Waals surface area contributed by atoms with E-state index >= 15 is 0 Å². The Bertz CT molecular complexity index is 3190. The average molecular weight is 1590 g/mol. The van der Waals surface area contributed by atoms with Gasteiger partial charge in [-0.2, -0.15) is 0 Å². The van der Waals surface area contributed by atoms with Crippen LogP contribution >= 0.6 is 0 Å². The van der Waals surface area contributed by atoms with Crippen molar-refractivity contribution in [2.24, 2.45) is 46.8 Å². The highest BCUT2D eigenvalue weighted by Crippen LogP contribution is 2.23. The van der Waals surface area contributed by atoms with Gasteiger partial charge in [-0.25, -0.2) is 0 Å². The third-order valence-corrected chi connectivity index (χ3v) is 18.8. The van der Waals surface area contributed by atoms with Crippen LogP contribution in [0.5, 0.6) is 0 Å². The quantitative estimate of drug-likeness (QED) is 0.0279. The molecule has 22 N–H and O–H groups in total. The highest BCUT2D eigenvalue weighted by molar-refractivity contribution is 6.01. The predicted octanol–water partition coefficient (Wildman–Crippen LogP) is -2.53. The Morgan fingerprint density at radius 1 is 0.339 bits per heavy atom. The van der Waals surface area contributed by atoms with Crippen molar-refractivity contribution in [3.63, 3.8) is 0 Å². The first-order valence-corrected chi connectivity index (χ1v) is 39.2. The van der Waals surface area contributed by atoms with Crippen molar-refractivity contribution in [3.8, 4) is 0 Å². The minimum atomic E-state index is -1.75. The second-order valence-electron chi connectivity index (χ2n) is 31.3. The van der Waals surface area contributed by atoms with E-state index in [2.05, 4.69) is 63.8 Å². The van der Waals surface area contributed by atoms with E-state index in [1.165, 1.54) is 25.7 Å². The number of amides is 14. The normalized spacial score (nSPS) is 17.7. The average Bonchev–Trinajstić information content (AvgIpc) is 1.63. The number of unbranched alkanes of at least 4 members (excludes halogenated alkanes) is 2. The molecule has 0 aromatic heterocycles. The van der Waals surface area contributed by atoms with Crippen LogP contribution in [0.2, 0.25) is 0 Å². The fraction of sp³-hybridized carbons (Fsp3) is 0.770. The van der Waals surface area contributed by atoms with Gasteiger partial charge in [-0.1, -0.05) is 69.2 Å². The molecule has 112 heavy (non-hydrogen) atoms. The Morgan fingerprint density at radius 2 is 0.625 bits per heavy atom. The van der Waals surface area contributed by atoms with Crippen LogP contribution in [0.1, 0.15) is 212 Å². The van der Waals surface area contributed by atoms with Crippen LogP contribution in [0.3, 0.4) is 0 Å². The van der Waals surface area contributed by atoms with Crippen molar-refractivity contribution in [3.05, 3.63) is 0 Å². The van der Waals surface area contributed by atoms with Gasteiger partial charge in [0.25, 0.3) is 0 Å². The lowest BCUT2D eigenvalue weighted by Crippen LogP contribution is -2.61. The number of aliphatic hydroxyl groups excluding tert-OH is 1. The van der Waals surface area contributed by atoms with Crippen LogP contribution < -0.4 is 81.0 Å². The van der Waals surface area contributed by atoms with E-state index in [4.69, 9.17) is 17.2 Å². The maximum atomic E-state index is 14.7. The molecule has 0 saturated carbocycles. The van der Waals surface area contributed by atoms with Crippen LogP contribution in [-0.2, 0) is 81.5 Å². The van der Waals surface area contributed by atoms with Gasteiger partial charge in [-0.05, 0) is 173 Å². The first-order valence-electron chi connectivity index (χ1n) is 39.2. The zero-order valence-electron chi connectivity index (χ0n) is 67.4. The summed E-state index contributed by atoms with van der Waals surface area (Å²) in [6.07, 6.45) is 0.271. The first kappa shape index (κ1) is 98.9. The summed E-state index contributed by atoms with van der Waals surface area (Å²) in [6, 6.07) is -20.0. The number of carboxylic acid groups (broad SMARTS) is 3. The van der Waals surface area contributed by atoms with E-state index in [1.807, 2.05) is 13.8 Å². The monoisotopic (exact) mass is 1590 g/mol. The summed E-state index contributed by atoms with van der Waals surface area (Å²) in [4.78, 5) is 234. The molecule has 0 radical (unpaired) electrons. The first-order chi connectivity index (χ1) is 52.5. The van der Waals surface area contributed by atoms with Gasteiger partial charge in [-0.15, -0.1) is 0 Å². The van der Waals surface area contributed by atoms with Crippen molar-refractivity contribution in [1.82, 2.24) is 73.6 Å². The number of aliphatic hydroxyl groups is 1. The number of carbonyl (C=O) groups excluding carboxylic acids is 14. The highest BCUT2D eigenvalue weighted by Gasteiger charge is 2.43. The van der Waals surface area contributed by atoms with Crippen LogP contribution in [0.25, 0.3) is 0 Å². The molecule has 2 rings (SSSR count). The third-order valence-electron chi connectivity index (χ3n) is 18.8. The van der Waals surface area contributed by atoms with Gasteiger partial charge in [0.2, 0.25) is 82.7 Å². The summed E-state index contributed by atoms with van der Waals surface area (Å²) in [5, 5.41) is 70.0. The summed E-state index contributed by atoms with van der Waals surface area (Å²) in [6.45, 7) is 21.3. The molecule has 38 nitrogen and oxygen atoms in total. The SMILES string of the molecule is CC(C)C[C@H](NC(=O)[C@H](CC(C)C)NC(=O)[C@H](CC(C)C)NC(=O)[C@H](CCCCN)NC(=O)[C@H](CCCCN)NC(=O)[C@H](CC(C)C)NC(=O)[C@H](CC(C)C)NC(=O)[C@H](CO)NC(=O)[C@@H]1CCCN1C(=O)[C@H](CCC(=O)O)NC(=O)[C@H](CCC(=O)O)NC(=O)[C@H](C)N)C(=O)N[C@@H](C)C(=O)N1CCC[C@H]1C(=O)N[C@@H](C)C(=O)O. The molecule has 0 aliphatic carbocycles. The fourth-order valence-corrected chi connectivity index (χ4v) is 12.8. The minimum Gasteiger partial charge on any atom is -0.481 e. The number of carbonyl (C=O) groups is 17. The predicted molar refractivity (Wildman–Crippen MR) is 409 cm³/mol. The van der Waals surface area contributed by atoms with E-state index in [-0.39, 0.29) is 120 Å². The van der Waals surface area contributed by atoms with E-state index in [1.54, 1.807) is 55.4 Å². The molecule has 2 saturated heterocycles. The number of hydrogen-bond acceptors (Lipinski definition) is 21. The van der Waals surface area contributed by atoms with E-state index in [9.17, 15) is 102 Å². The zero-order chi connectivity index (χ0) is 85.0. The van der Waals surface area contributed by atoms with Crippen LogP contribution in [0.15, 0.2) is 0 Å². The Kier molecular flexibility index (Phi) is 44.2. The molecule has 0 spiro atoms. The Morgan fingerprint density at radius 3 is 0.946 bits per heavy atom. The lowest BCUT2D eigenvalue weighted by molar-refractivity contribution is -0.144. The van der Waals surface area contributed by atoms with Crippen molar-refractivity contribution in [2.45, 2.75) is 303 Å². The standard InChI is InChI=1S/C74H129N17O21/c1-38(2)32-50(64(101)78-44(12)72(109)90-30-18-22-56(90)70(107)79-45(13)74(111)112)85-67(104)53(35-41(7)8)87-66(103)52(34-40(5)6)84-62(99)47(21-15-17-29-76)81-61(98)46(20-14-16-28-75)82-65(102)51(33-39(3)4)86-68(105)54(36-42(9)10)88-69(106)55(37-92)89-71(108)57-23-19-31-91(57)73(110)49(25-27-59(95)96)83-63(100)48(24-26-58(93)94)80-60(97)43(11)77/h38-57,92H,14-37,75-77H2,1-13H3,(H,78,101)(H,79,107)(H,80,97)(H,81,98)(H,82,102)(H,83,100)(H,84,99)(H,85,104)(H,86,105)(H,87,103)(H,88,106)(H,89,108)(H,93,94)(H,95,96)(H,111,112)/t43-,44-,45-,46-,47-,48-,49-,50-,51-,52-,53-,54-,55-,56-,57-/m0/s1. The maximum Gasteiger partial charge on any atom is 0.325 e. The number of hydrogen-bond donors (Lipinski definition) is 19. The second kappa shape index (κ2) is 50.0. The molecule has 2 aliphatic heterocycles. The maximum absolute atomic E-state index is 14.7. The van der Waals surface area contributed by atoms with E-state index < -0.39 is 224 Å². The van der Waals surface area contributed by atoms with Crippen molar-refractivity contribution < 1.29 is 102 Å². The van der Waals surface area contributed by atoms with Crippen molar-refractivity contribution >= 4 is 101 Å². The van der Waals surface area contributed by atoms with Crippen LogP contribution in [0.4, 0.5) is 0 Å². The molecule has 0 aromatic rings. The van der Waals surface area contributed by atoms with Gasteiger partial charge in [0.1, 0.15) is 84.6 Å². The van der Waals surface area contributed by atoms with Crippen molar-refractivity contribution in [2.75, 3.05) is 32.8 Å². The van der Waals surface area contributed by atoms with Crippen molar-refractivity contribution in [1.29, 1.82) is 0 Å². The Labute approximate surface area is 655 Å². The molecule has 636 valence electrons. The molecule has 2 heterocycles. The Hall–Kier alpha value is -9.17. The third kappa shape index (κ3) is 35.3. The smallest absolute Gasteiger partial charge is 0.325 e. The number of likely N-dealkylation sites (tertiary alicyclic amines) is 2. The molecule has 2 aliphatic rings. The van der Waals surface area contributed by atoms with E-state index in [0.29, 0.717) is 32.1 Å². The second-order valence-corrected chi connectivity index (χ2v) is 31.3. The largest absolute Gasteiger partial charge is 0.481 e. The molecule has 0 aromatic carbocycles. The lowest BCUT2D eigenvalue weighted by Gasteiger charge is -2.31. The van der Waals surface area contributed by atoms with E-state index in [0.717, 1.165) is 4.90 Å². The number of nitrogens with zero attached hydrogens (tertiary/aromatic N) is 2. The summed E-state index contributed by atoms with van der Waals surface area (Å²) in [5.41, 5.74) is 17.4. The molecule has 2 fully saturated rings. The highest BCUT2D eigenvalue weighted by atomic mass is 16.4. The number of nitrogens with one attached hydrogen (secondary N) is 12. The topological polar surface area (TPSA) is 600 Å². The van der Waals surface area contributed by atoms with Gasteiger partial charge in [0, 0.05) is 25.9 Å². The van der Waals surface area contributed by atoms with Gasteiger partial charge in [-0.3, -0.25) is 81.5 Å². The molecule has 14 amide bonds.